The quantitative estimate of drug-likeness (QED) is 0.476. The fourth-order valence-electron chi connectivity index (χ4n) is 1.70. The first kappa shape index (κ1) is 17.2. The molecule has 0 radical (unpaired) electrons. The monoisotopic (exact) mass is 314 g/mol. The fraction of sp³-hybridized carbons (Fsp3) is 0.500. The van der Waals surface area contributed by atoms with E-state index in [1.165, 1.54) is 18.2 Å². The van der Waals surface area contributed by atoms with Crippen molar-refractivity contribution in [3.63, 3.8) is 0 Å². The lowest BCUT2D eigenvalue weighted by atomic mass is 10.1. The Bertz CT molecular complexity index is 522. The van der Waals surface area contributed by atoms with E-state index in [-0.39, 0.29) is 35.6 Å². The molecule has 21 heavy (non-hydrogen) atoms. The number of amides is 1. The van der Waals surface area contributed by atoms with Crippen LogP contribution in [0.4, 0.5) is 5.69 Å². The van der Waals surface area contributed by atoms with Gasteiger partial charge < -0.3 is 10.1 Å². The van der Waals surface area contributed by atoms with Crippen LogP contribution < -0.4 is 10.1 Å². The van der Waals surface area contributed by atoms with E-state index in [0.717, 1.165) is 0 Å². The second-order valence-corrected chi connectivity index (χ2v) is 5.05. The number of nitro benzene ring substituents is 1. The molecule has 0 fully saturated rings. The van der Waals surface area contributed by atoms with Gasteiger partial charge in [0.2, 0.25) is 5.75 Å². The Balaban J connectivity index is 3.08. The third-order valence-corrected chi connectivity index (χ3v) is 3.67. The molecule has 1 aromatic rings. The fourth-order valence-corrected chi connectivity index (χ4v) is 1.97. The number of alkyl halides is 1. The Kier molecular flexibility index (Phi) is 6.42. The number of nitrogens with zero attached hydrogens (tertiary/aromatic N) is 1. The van der Waals surface area contributed by atoms with Crippen LogP contribution in [0, 0.1) is 16.0 Å². The maximum absolute atomic E-state index is 12.3. The minimum Gasteiger partial charge on any atom is -0.487 e. The molecule has 0 aliphatic rings. The molecule has 0 saturated carbocycles. The summed E-state index contributed by atoms with van der Waals surface area (Å²) in [4.78, 5) is 22.8. The molecule has 6 nitrogen and oxygen atoms in total. The number of carbonyl (C=O) groups excluding carboxylic acids is 1. The molecule has 0 aliphatic carbocycles. The second kappa shape index (κ2) is 7.83. The highest BCUT2D eigenvalue weighted by Gasteiger charge is 2.24. The highest BCUT2D eigenvalue weighted by Crippen LogP contribution is 2.31. The minimum atomic E-state index is -0.563. The molecular weight excluding hydrogens is 296 g/mol. The van der Waals surface area contributed by atoms with Gasteiger partial charge in [-0.3, -0.25) is 14.9 Å². The van der Waals surface area contributed by atoms with Crippen molar-refractivity contribution >= 4 is 23.2 Å². The number of ether oxygens (including phenoxy) is 1. The molecule has 1 rings (SSSR count). The lowest BCUT2D eigenvalue weighted by Gasteiger charge is -2.19. The summed E-state index contributed by atoms with van der Waals surface area (Å²) < 4.78 is 5.29. The van der Waals surface area contributed by atoms with E-state index in [4.69, 9.17) is 16.3 Å². The summed E-state index contributed by atoms with van der Waals surface area (Å²) in [5.74, 6) is 0.0824. The number of hydrogen-bond donors (Lipinski definition) is 1. The maximum Gasteiger partial charge on any atom is 0.311 e. The van der Waals surface area contributed by atoms with Gasteiger partial charge in [-0.1, -0.05) is 13.0 Å². The number of nitro groups is 1. The van der Waals surface area contributed by atoms with E-state index in [1.807, 2.05) is 13.8 Å². The number of benzene rings is 1. The molecule has 0 bridgehead atoms. The Hall–Kier alpha value is -1.82. The van der Waals surface area contributed by atoms with Crippen LogP contribution in [0.25, 0.3) is 0 Å². The molecule has 0 heterocycles. The molecule has 0 saturated heterocycles. The van der Waals surface area contributed by atoms with E-state index >= 15 is 0 Å². The molecule has 0 spiro atoms. The van der Waals surface area contributed by atoms with Crippen LogP contribution in [0.5, 0.6) is 5.75 Å². The summed E-state index contributed by atoms with van der Waals surface area (Å²) in [5.41, 5.74) is -0.0674. The molecular formula is C14H19ClN2O4. The Morgan fingerprint density at radius 2 is 2.14 bits per heavy atom. The molecule has 0 aromatic heterocycles. The van der Waals surface area contributed by atoms with Crippen molar-refractivity contribution < 1.29 is 14.5 Å². The first-order valence-corrected chi connectivity index (χ1v) is 7.22. The van der Waals surface area contributed by atoms with Gasteiger partial charge in [0.05, 0.1) is 17.1 Å². The number of para-hydroxylation sites is 1. The second-order valence-electron chi connectivity index (χ2n) is 4.74. The van der Waals surface area contributed by atoms with Gasteiger partial charge in [-0.25, -0.2) is 0 Å². The molecule has 0 aliphatic heterocycles. The van der Waals surface area contributed by atoms with Crippen molar-refractivity contribution in [3.8, 4) is 5.75 Å². The van der Waals surface area contributed by atoms with Gasteiger partial charge in [-0.15, -0.1) is 11.6 Å². The van der Waals surface area contributed by atoms with Gasteiger partial charge >= 0.3 is 5.69 Å². The average molecular weight is 315 g/mol. The highest BCUT2D eigenvalue weighted by molar-refractivity contribution is 6.18. The normalized spacial score (nSPS) is 13.3. The zero-order valence-electron chi connectivity index (χ0n) is 12.3. The smallest absolute Gasteiger partial charge is 0.311 e. The van der Waals surface area contributed by atoms with E-state index in [2.05, 4.69) is 5.32 Å². The SMILES string of the molecule is CCOc1c(C(=O)NC(C)C(C)CCl)cccc1[N+](=O)[O-]. The highest BCUT2D eigenvalue weighted by atomic mass is 35.5. The first-order chi connectivity index (χ1) is 9.92. The summed E-state index contributed by atoms with van der Waals surface area (Å²) in [6, 6.07) is 4.13. The van der Waals surface area contributed by atoms with Crippen LogP contribution in [0.2, 0.25) is 0 Å². The van der Waals surface area contributed by atoms with Crippen molar-refractivity contribution in [1.29, 1.82) is 0 Å². The number of hydrogen-bond acceptors (Lipinski definition) is 4. The Labute approximate surface area is 128 Å². The standard InChI is InChI=1S/C14H19ClN2O4/c1-4-21-13-11(6-5-7-12(13)17(19)20)14(18)16-10(3)9(2)8-15/h5-7,9-10H,4,8H2,1-3H3,(H,16,18). The van der Waals surface area contributed by atoms with Crippen molar-refractivity contribution in [1.82, 2.24) is 5.32 Å². The Morgan fingerprint density at radius 3 is 2.67 bits per heavy atom. The van der Waals surface area contributed by atoms with Crippen LogP contribution in [-0.4, -0.2) is 29.4 Å². The van der Waals surface area contributed by atoms with Gasteiger partial charge in [0, 0.05) is 18.0 Å². The molecule has 7 heteroatoms. The predicted octanol–water partition coefficient (Wildman–Crippen LogP) is 2.99. The van der Waals surface area contributed by atoms with Gasteiger partial charge in [0.15, 0.2) is 0 Å². The van der Waals surface area contributed by atoms with Crippen molar-refractivity contribution in [2.45, 2.75) is 26.8 Å². The zero-order chi connectivity index (χ0) is 16.0. The van der Waals surface area contributed by atoms with E-state index in [0.29, 0.717) is 5.88 Å². The summed E-state index contributed by atoms with van der Waals surface area (Å²) in [6.07, 6.45) is 0. The lowest BCUT2D eigenvalue weighted by Crippen LogP contribution is -2.37. The summed E-state index contributed by atoms with van der Waals surface area (Å²) in [7, 11) is 0. The van der Waals surface area contributed by atoms with Crippen molar-refractivity contribution in [2.75, 3.05) is 12.5 Å². The summed E-state index contributed by atoms with van der Waals surface area (Å²) in [6.45, 7) is 5.69. The largest absolute Gasteiger partial charge is 0.487 e. The molecule has 116 valence electrons. The number of halogens is 1. The van der Waals surface area contributed by atoms with Crippen molar-refractivity contribution in [2.24, 2.45) is 5.92 Å². The molecule has 2 atom stereocenters. The van der Waals surface area contributed by atoms with Crippen LogP contribution >= 0.6 is 11.6 Å². The number of nitrogens with one attached hydrogen (secondary N) is 1. The lowest BCUT2D eigenvalue weighted by molar-refractivity contribution is -0.385. The van der Waals surface area contributed by atoms with E-state index < -0.39 is 10.8 Å². The molecule has 1 N–H and O–H groups in total. The predicted molar refractivity (Wildman–Crippen MR) is 81.1 cm³/mol. The van der Waals surface area contributed by atoms with Gasteiger partial charge in [-0.05, 0) is 25.8 Å². The molecule has 1 aromatic carbocycles. The van der Waals surface area contributed by atoms with E-state index in [1.54, 1.807) is 6.92 Å². The molecule has 1 amide bonds. The van der Waals surface area contributed by atoms with Crippen molar-refractivity contribution in [3.05, 3.63) is 33.9 Å². The Morgan fingerprint density at radius 1 is 1.48 bits per heavy atom. The van der Waals surface area contributed by atoms with Gasteiger partial charge in [-0.2, -0.15) is 0 Å². The third-order valence-electron chi connectivity index (χ3n) is 3.18. The van der Waals surface area contributed by atoms with Crippen LogP contribution in [0.15, 0.2) is 18.2 Å². The van der Waals surface area contributed by atoms with Gasteiger partial charge in [0.1, 0.15) is 0 Å². The summed E-state index contributed by atoms with van der Waals surface area (Å²) in [5, 5.41) is 13.8. The van der Waals surface area contributed by atoms with E-state index in [9.17, 15) is 14.9 Å². The maximum atomic E-state index is 12.3. The topological polar surface area (TPSA) is 81.5 Å². The number of carbonyl (C=O) groups is 1. The first-order valence-electron chi connectivity index (χ1n) is 6.69. The minimum absolute atomic E-state index is 0.00627. The average Bonchev–Trinajstić information content (AvgIpc) is 2.46. The van der Waals surface area contributed by atoms with Gasteiger partial charge in [0.25, 0.3) is 5.91 Å². The summed E-state index contributed by atoms with van der Waals surface area (Å²) >= 11 is 5.76. The zero-order valence-corrected chi connectivity index (χ0v) is 13.0. The third kappa shape index (κ3) is 4.32. The van der Waals surface area contributed by atoms with Crippen LogP contribution in [0.1, 0.15) is 31.1 Å². The van der Waals surface area contributed by atoms with Crippen LogP contribution in [-0.2, 0) is 0 Å². The van der Waals surface area contributed by atoms with Crippen LogP contribution in [0.3, 0.4) is 0 Å². The molecule has 2 unspecified atom stereocenters. The number of rotatable bonds is 7.